The Labute approximate surface area is 115 Å². The number of hydrogen-bond donors (Lipinski definition) is 0. The molecule has 3 nitrogen and oxygen atoms in total. The molecule has 2 atom stereocenters. The number of nitrogens with zero attached hydrogens (tertiary/aromatic N) is 1. The van der Waals surface area contributed by atoms with E-state index in [4.69, 9.17) is 0 Å². The van der Waals surface area contributed by atoms with Gasteiger partial charge in [0.25, 0.3) is 0 Å². The van der Waals surface area contributed by atoms with Gasteiger partial charge in [-0.1, -0.05) is 40.0 Å². The fourth-order valence-electron chi connectivity index (χ4n) is 4.53. The number of fused-ring (bicyclic) bond motifs is 2. The van der Waals surface area contributed by atoms with Crippen LogP contribution in [0.2, 0.25) is 0 Å². The van der Waals surface area contributed by atoms with Crippen LogP contribution < -0.4 is 0 Å². The molecule has 2 amide bonds. The number of amides is 2. The second kappa shape index (κ2) is 4.07. The zero-order valence-corrected chi connectivity index (χ0v) is 12.4. The average molecular weight is 263 g/mol. The lowest BCUT2D eigenvalue weighted by molar-refractivity contribution is -0.171. The molecule has 0 aromatic heterocycles. The van der Waals surface area contributed by atoms with Crippen molar-refractivity contribution in [2.45, 2.75) is 71.8 Å². The monoisotopic (exact) mass is 263 g/mol. The van der Waals surface area contributed by atoms with Crippen LogP contribution in [0.3, 0.4) is 0 Å². The Bertz CT molecular complexity index is 422. The number of rotatable bonds is 1. The molecule has 1 aliphatic heterocycles. The van der Waals surface area contributed by atoms with E-state index in [0.29, 0.717) is 0 Å². The third kappa shape index (κ3) is 1.56. The van der Waals surface area contributed by atoms with Crippen LogP contribution in [0.4, 0.5) is 0 Å². The molecule has 3 rings (SSSR count). The quantitative estimate of drug-likeness (QED) is 0.682. The third-order valence-electron chi connectivity index (χ3n) is 6.39. The molecule has 1 heterocycles. The molecule has 0 unspecified atom stereocenters. The molecule has 2 aliphatic carbocycles. The van der Waals surface area contributed by atoms with E-state index in [9.17, 15) is 9.59 Å². The Morgan fingerprint density at radius 2 is 1.63 bits per heavy atom. The maximum atomic E-state index is 12.9. The van der Waals surface area contributed by atoms with Gasteiger partial charge in [-0.15, -0.1) is 0 Å². The van der Waals surface area contributed by atoms with Crippen LogP contribution in [-0.4, -0.2) is 22.8 Å². The topological polar surface area (TPSA) is 37.4 Å². The molecular weight excluding hydrogens is 238 g/mol. The number of carbonyl (C=O) groups is 2. The van der Waals surface area contributed by atoms with Gasteiger partial charge in [0.15, 0.2) is 0 Å². The van der Waals surface area contributed by atoms with Crippen molar-refractivity contribution in [1.82, 2.24) is 4.90 Å². The summed E-state index contributed by atoms with van der Waals surface area (Å²) in [6, 6.07) is 0.185. The summed E-state index contributed by atoms with van der Waals surface area (Å²) in [6.07, 6.45) is 7.36. The Kier molecular flexibility index (Phi) is 2.81. The van der Waals surface area contributed by atoms with Gasteiger partial charge in [-0.25, -0.2) is 0 Å². The minimum absolute atomic E-state index is 0.0529. The van der Waals surface area contributed by atoms with Crippen molar-refractivity contribution in [3.8, 4) is 0 Å². The SMILES string of the molecule is CC1(C)[C@@H]2CC[C@]1(C)C(=O)N(C1CCCCC1)C2=O. The lowest BCUT2D eigenvalue weighted by Gasteiger charge is -2.50. The van der Waals surface area contributed by atoms with Crippen molar-refractivity contribution in [1.29, 1.82) is 0 Å². The number of likely N-dealkylation sites (tertiary alicyclic amines) is 1. The fraction of sp³-hybridized carbons (Fsp3) is 0.875. The van der Waals surface area contributed by atoms with E-state index in [-0.39, 0.29) is 34.6 Å². The van der Waals surface area contributed by atoms with Crippen molar-refractivity contribution >= 4 is 11.8 Å². The van der Waals surface area contributed by atoms with Gasteiger partial charge in [-0.3, -0.25) is 14.5 Å². The van der Waals surface area contributed by atoms with Gasteiger partial charge >= 0.3 is 0 Å². The summed E-state index contributed by atoms with van der Waals surface area (Å²) in [5.74, 6) is 0.289. The van der Waals surface area contributed by atoms with Crippen molar-refractivity contribution in [2.24, 2.45) is 16.7 Å². The molecule has 106 valence electrons. The maximum Gasteiger partial charge on any atom is 0.235 e. The zero-order chi connectivity index (χ0) is 13.8. The summed E-state index contributed by atoms with van der Waals surface area (Å²) < 4.78 is 0. The summed E-state index contributed by atoms with van der Waals surface area (Å²) in [6.45, 7) is 6.30. The zero-order valence-electron chi connectivity index (χ0n) is 12.4. The minimum Gasteiger partial charge on any atom is -0.279 e. The van der Waals surface area contributed by atoms with Gasteiger partial charge in [0.05, 0.1) is 5.41 Å². The molecule has 0 N–H and O–H groups in total. The van der Waals surface area contributed by atoms with E-state index >= 15 is 0 Å². The first-order valence-corrected chi connectivity index (χ1v) is 7.77. The molecule has 2 saturated carbocycles. The highest BCUT2D eigenvalue weighted by Gasteiger charge is 2.65. The Hall–Kier alpha value is -0.860. The minimum atomic E-state index is -0.330. The van der Waals surface area contributed by atoms with E-state index in [0.717, 1.165) is 38.5 Å². The van der Waals surface area contributed by atoms with E-state index in [2.05, 4.69) is 20.8 Å². The number of imide groups is 1. The van der Waals surface area contributed by atoms with Crippen LogP contribution in [0, 0.1) is 16.7 Å². The predicted octanol–water partition coefficient (Wildman–Crippen LogP) is 3.13. The van der Waals surface area contributed by atoms with Crippen LogP contribution >= 0.6 is 0 Å². The normalized spacial score (nSPS) is 38.9. The van der Waals surface area contributed by atoms with Crippen molar-refractivity contribution in [3.63, 3.8) is 0 Å². The highest BCUT2D eigenvalue weighted by atomic mass is 16.2. The molecule has 3 aliphatic rings. The van der Waals surface area contributed by atoms with Gasteiger partial charge in [-0.05, 0) is 31.1 Å². The predicted molar refractivity (Wildman–Crippen MR) is 73.3 cm³/mol. The standard InChI is InChI=1S/C16H25NO2/c1-15(2)12-9-10-16(15,3)14(19)17(13(12)18)11-7-5-4-6-8-11/h11-12H,4-10H2,1-3H3/t12-,16-/m1/s1. The molecule has 2 bridgehead atoms. The summed E-state index contributed by atoms with van der Waals surface area (Å²) in [5.41, 5.74) is -0.505. The van der Waals surface area contributed by atoms with E-state index in [1.54, 1.807) is 4.90 Å². The summed E-state index contributed by atoms with van der Waals surface area (Å²) in [5, 5.41) is 0. The van der Waals surface area contributed by atoms with E-state index in [1.807, 2.05) is 0 Å². The molecule has 3 fully saturated rings. The Balaban J connectivity index is 1.96. The lowest BCUT2D eigenvalue weighted by atomic mass is 9.62. The lowest BCUT2D eigenvalue weighted by Crippen LogP contribution is -2.61. The second-order valence-corrected chi connectivity index (χ2v) is 7.45. The summed E-state index contributed by atoms with van der Waals surface area (Å²) in [4.78, 5) is 27.4. The molecule has 1 saturated heterocycles. The highest BCUT2D eigenvalue weighted by Crippen LogP contribution is 2.60. The maximum absolute atomic E-state index is 12.9. The molecule has 0 aromatic rings. The first-order valence-electron chi connectivity index (χ1n) is 7.77. The average Bonchev–Trinajstić information content (AvgIpc) is 2.56. The largest absolute Gasteiger partial charge is 0.279 e. The van der Waals surface area contributed by atoms with Crippen LogP contribution in [0.15, 0.2) is 0 Å². The Morgan fingerprint density at radius 3 is 2.26 bits per heavy atom. The first-order chi connectivity index (χ1) is 8.89. The molecule has 0 radical (unpaired) electrons. The fourth-order valence-corrected chi connectivity index (χ4v) is 4.53. The van der Waals surface area contributed by atoms with Crippen LogP contribution in [0.5, 0.6) is 0 Å². The molecule has 0 spiro atoms. The summed E-state index contributed by atoms with van der Waals surface area (Å²) >= 11 is 0. The van der Waals surface area contributed by atoms with Gasteiger partial charge in [0, 0.05) is 12.0 Å². The molecular formula is C16H25NO2. The highest BCUT2D eigenvalue weighted by molar-refractivity contribution is 6.04. The number of carbonyl (C=O) groups excluding carboxylic acids is 2. The molecule has 19 heavy (non-hydrogen) atoms. The molecule has 3 heteroatoms. The molecule has 0 aromatic carbocycles. The van der Waals surface area contributed by atoms with Crippen molar-refractivity contribution < 1.29 is 9.59 Å². The van der Waals surface area contributed by atoms with Crippen molar-refractivity contribution in [2.75, 3.05) is 0 Å². The summed E-state index contributed by atoms with van der Waals surface area (Å²) in [7, 11) is 0. The first kappa shape index (κ1) is 13.1. The van der Waals surface area contributed by atoms with Crippen LogP contribution in [-0.2, 0) is 9.59 Å². The van der Waals surface area contributed by atoms with Crippen LogP contribution in [0.1, 0.15) is 65.7 Å². The van der Waals surface area contributed by atoms with Gasteiger partial charge in [0.1, 0.15) is 0 Å². The van der Waals surface area contributed by atoms with E-state index < -0.39 is 0 Å². The number of hydrogen-bond acceptors (Lipinski definition) is 2. The van der Waals surface area contributed by atoms with Gasteiger partial charge in [0.2, 0.25) is 11.8 Å². The third-order valence-corrected chi connectivity index (χ3v) is 6.39. The smallest absolute Gasteiger partial charge is 0.235 e. The van der Waals surface area contributed by atoms with Gasteiger partial charge in [-0.2, -0.15) is 0 Å². The second-order valence-electron chi connectivity index (χ2n) is 7.45. The van der Waals surface area contributed by atoms with Crippen LogP contribution in [0.25, 0.3) is 0 Å². The van der Waals surface area contributed by atoms with E-state index in [1.165, 1.54) is 6.42 Å². The van der Waals surface area contributed by atoms with Gasteiger partial charge < -0.3 is 0 Å². The Morgan fingerprint density at radius 1 is 1.00 bits per heavy atom. The number of piperidine rings is 1. The van der Waals surface area contributed by atoms with Crippen molar-refractivity contribution in [3.05, 3.63) is 0 Å².